The maximum absolute atomic E-state index is 5.80. The zero-order valence-electron chi connectivity index (χ0n) is 9.38. The normalized spacial score (nSPS) is 10.5. The summed E-state index contributed by atoms with van der Waals surface area (Å²) in [4.78, 5) is 7.84. The van der Waals surface area contributed by atoms with E-state index >= 15 is 0 Å². The van der Waals surface area contributed by atoms with Crippen LogP contribution < -0.4 is 4.74 Å². The average molecular weight is 257 g/mol. The molecule has 88 valence electrons. The average Bonchev–Trinajstić information content (AvgIpc) is 2.39. The minimum atomic E-state index is 0.361. The summed E-state index contributed by atoms with van der Waals surface area (Å²) in [6.45, 7) is 0. The maximum atomic E-state index is 5.80. The monoisotopic (exact) mass is 256 g/mol. The Morgan fingerprint density at radius 3 is 2.67 bits per heavy atom. The lowest BCUT2D eigenvalue weighted by Crippen LogP contribution is -1.89. The summed E-state index contributed by atoms with van der Waals surface area (Å²) in [5, 5.41) is 2.52. The van der Waals surface area contributed by atoms with Crippen molar-refractivity contribution in [1.29, 1.82) is 0 Å². The highest BCUT2D eigenvalue weighted by molar-refractivity contribution is 6.29. The fraction of sp³-hybridized carbons (Fsp3) is 0. The number of halogens is 1. The molecule has 0 bridgehead atoms. The SMILES string of the molecule is Clc1cc(Oc2cccc3ccccc23)ncn1. The van der Waals surface area contributed by atoms with Crippen LogP contribution in [0.5, 0.6) is 11.6 Å². The number of nitrogens with zero attached hydrogens (tertiary/aromatic N) is 2. The highest BCUT2D eigenvalue weighted by Crippen LogP contribution is 2.29. The molecule has 0 amide bonds. The molecule has 0 unspecified atom stereocenters. The van der Waals surface area contributed by atoms with Crippen molar-refractivity contribution in [3.05, 3.63) is 60.0 Å². The van der Waals surface area contributed by atoms with Crippen LogP contribution in [-0.2, 0) is 0 Å². The first-order valence-electron chi connectivity index (χ1n) is 5.46. The molecule has 0 aliphatic carbocycles. The van der Waals surface area contributed by atoms with Crippen LogP contribution >= 0.6 is 11.6 Å². The predicted molar refractivity (Wildman–Crippen MR) is 71.1 cm³/mol. The third kappa shape index (κ3) is 2.13. The van der Waals surface area contributed by atoms with Crippen molar-refractivity contribution in [2.75, 3.05) is 0 Å². The van der Waals surface area contributed by atoms with Crippen molar-refractivity contribution in [2.45, 2.75) is 0 Å². The molecular weight excluding hydrogens is 248 g/mol. The fourth-order valence-corrected chi connectivity index (χ4v) is 1.91. The number of aromatic nitrogens is 2. The van der Waals surface area contributed by atoms with E-state index in [1.807, 2.05) is 42.5 Å². The number of fused-ring (bicyclic) bond motifs is 1. The molecule has 3 aromatic rings. The summed E-state index contributed by atoms with van der Waals surface area (Å²) in [5.74, 6) is 1.19. The Labute approximate surface area is 109 Å². The largest absolute Gasteiger partial charge is 0.438 e. The molecule has 3 rings (SSSR count). The van der Waals surface area contributed by atoms with E-state index in [2.05, 4.69) is 9.97 Å². The number of benzene rings is 2. The summed E-state index contributed by atoms with van der Waals surface area (Å²) < 4.78 is 5.74. The number of hydrogen-bond donors (Lipinski definition) is 0. The van der Waals surface area contributed by atoms with Gasteiger partial charge < -0.3 is 4.74 Å². The Morgan fingerprint density at radius 1 is 0.944 bits per heavy atom. The van der Waals surface area contributed by atoms with Crippen molar-refractivity contribution in [2.24, 2.45) is 0 Å². The zero-order chi connectivity index (χ0) is 12.4. The molecule has 0 saturated carbocycles. The van der Waals surface area contributed by atoms with Gasteiger partial charge in [-0.1, -0.05) is 48.0 Å². The molecule has 0 atom stereocenters. The molecule has 0 N–H and O–H groups in total. The fourth-order valence-electron chi connectivity index (χ4n) is 1.77. The smallest absolute Gasteiger partial charge is 0.223 e. The summed E-state index contributed by atoms with van der Waals surface area (Å²) in [6, 6.07) is 15.5. The van der Waals surface area contributed by atoms with E-state index in [1.54, 1.807) is 6.07 Å². The van der Waals surface area contributed by atoms with E-state index in [1.165, 1.54) is 6.33 Å². The van der Waals surface area contributed by atoms with Gasteiger partial charge in [-0.25, -0.2) is 9.97 Å². The van der Waals surface area contributed by atoms with Crippen molar-refractivity contribution in [1.82, 2.24) is 9.97 Å². The van der Waals surface area contributed by atoms with Crippen LogP contribution in [0, 0.1) is 0 Å². The molecule has 0 saturated heterocycles. The maximum Gasteiger partial charge on any atom is 0.223 e. The van der Waals surface area contributed by atoms with Crippen LogP contribution in [0.15, 0.2) is 54.9 Å². The topological polar surface area (TPSA) is 35.0 Å². The van der Waals surface area contributed by atoms with Crippen LogP contribution in [0.25, 0.3) is 10.8 Å². The number of hydrogen-bond acceptors (Lipinski definition) is 3. The van der Waals surface area contributed by atoms with Crippen molar-refractivity contribution in [3.8, 4) is 11.6 Å². The lowest BCUT2D eigenvalue weighted by Gasteiger charge is -2.07. The number of ether oxygens (including phenoxy) is 1. The van der Waals surface area contributed by atoms with Gasteiger partial charge in [-0.3, -0.25) is 0 Å². The third-order valence-electron chi connectivity index (χ3n) is 2.57. The molecule has 2 aromatic carbocycles. The molecule has 1 heterocycles. The van der Waals surface area contributed by atoms with Gasteiger partial charge in [-0.15, -0.1) is 0 Å². The second-order valence-electron chi connectivity index (χ2n) is 3.76. The quantitative estimate of drug-likeness (QED) is 0.648. The van der Waals surface area contributed by atoms with E-state index in [-0.39, 0.29) is 0 Å². The molecular formula is C14H9ClN2O. The van der Waals surface area contributed by atoms with Crippen molar-refractivity contribution < 1.29 is 4.74 Å². The predicted octanol–water partition coefficient (Wildman–Crippen LogP) is 4.08. The van der Waals surface area contributed by atoms with Crippen LogP contribution in [0.4, 0.5) is 0 Å². The Morgan fingerprint density at radius 2 is 1.78 bits per heavy atom. The van der Waals surface area contributed by atoms with Gasteiger partial charge in [0.25, 0.3) is 0 Å². The molecule has 3 nitrogen and oxygen atoms in total. The minimum Gasteiger partial charge on any atom is -0.438 e. The molecule has 0 aliphatic heterocycles. The van der Waals surface area contributed by atoms with Gasteiger partial charge in [0.1, 0.15) is 17.2 Å². The van der Waals surface area contributed by atoms with Gasteiger partial charge in [-0.2, -0.15) is 0 Å². The Hall–Kier alpha value is -2.13. The van der Waals surface area contributed by atoms with E-state index < -0.39 is 0 Å². The lowest BCUT2D eigenvalue weighted by molar-refractivity contribution is 0.467. The van der Waals surface area contributed by atoms with E-state index in [4.69, 9.17) is 16.3 Å². The Bertz CT molecular complexity index is 695. The van der Waals surface area contributed by atoms with Crippen molar-refractivity contribution in [3.63, 3.8) is 0 Å². The molecule has 0 aliphatic rings. The van der Waals surface area contributed by atoms with Crippen LogP contribution in [-0.4, -0.2) is 9.97 Å². The second kappa shape index (κ2) is 4.63. The molecule has 4 heteroatoms. The van der Waals surface area contributed by atoms with Gasteiger partial charge in [0.15, 0.2) is 0 Å². The molecule has 1 aromatic heterocycles. The van der Waals surface area contributed by atoms with E-state index in [0.29, 0.717) is 11.0 Å². The van der Waals surface area contributed by atoms with Crippen LogP contribution in [0.3, 0.4) is 0 Å². The van der Waals surface area contributed by atoms with Gasteiger partial charge in [0.2, 0.25) is 5.88 Å². The van der Waals surface area contributed by atoms with Crippen molar-refractivity contribution >= 4 is 22.4 Å². The zero-order valence-corrected chi connectivity index (χ0v) is 10.1. The number of rotatable bonds is 2. The Balaban J connectivity index is 2.05. The highest BCUT2D eigenvalue weighted by Gasteiger charge is 2.04. The summed E-state index contributed by atoms with van der Waals surface area (Å²) in [7, 11) is 0. The van der Waals surface area contributed by atoms with E-state index in [0.717, 1.165) is 16.5 Å². The molecule has 0 fully saturated rings. The standard InChI is InChI=1S/C14H9ClN2O/c15-13-8-14(17-9-16-13)18-12-7-3-5-10-4-1-2-6-11(10)12/h1-9H. The molecule has 0 radical (unpaired) electrons. The van der Waals surface area contributed by atoms with Gasteiger partial charge in [-0.05, 0) is 11.5 Å². The minimum absolute atomic E-state index is 0.361. The van der Waals surface area contributed by atoms with Gasteiger partial charge in [0, 0.05) is 11.5 Å². The van der Waals surface area contributed by atoms with Crippen LogP contribution in [0.2, 0.25) is 5.15 Å². The summed E-state index contributed by atoms with van der Waals surface area (Å²) in [6.07, 6.45) is 1.38. The van der Waals surface area contributed by atoms with Crippen LogP contribution in [0.1, 0.15) is 0 Å². The summed E-state index contributed by atoms with van der Waals surface area (Å²) >= 11 is 5.80. The first-order valence-corrected chi connectivity index (χ1v) is 5.84. The first-order chi connectivity index (χ1) is 8.83. The van der Waals surface area contributed by atoms with E-state index in [9.17, 15) is 0 Å². The first kappa shape index (κ1) is 11.0. The Kier molecular flexibility index (Phi) is 2.82. The summed E-state index contributed by atoms with van der Waals surface area (Å²) in [5.41, 5.74) is 0. The van der Waals surface area contributed by atoms with Gasteiger partial charge in [0.05, 0.1) is 0 Å². The molecule has 18 heavy (non-hydrogen) atoms. The lowest BCUT2D eigenvalue weighted by atomic mass is 10.1. The second-order valence-corrected chi connectivity index (χ2v) is 4.15. The third-order valence-corrected chi connectivity index (χ3v) is 2.78. The van der Waals surface area contributed by atoms with Gasteiger partial charge >= 0.3 is 0 Å². The highest BCUT2D eigenvalue weighted by atomic mass is 35.5. The molecule has 0 spiro atoms.